The van der Waals surface area contributed by atoms with Crippen molar-refractivity contribution in [2.75, 3.05) is 4.90 Å². The molecular weight excluding hydrogens is 571 g/mol. The fourth-order valence-electron chi connectivity index (χ4n) is 7.70. The van der Waals surface area contributed by atoms with Gasteiger partial charge in [-0.05, 0) is 75.3 Å². The molecule has 0 fully saturated rings. The Morgan fingerprint density at radius 2 is 1.04 bits per heavy atom. The molecule has 0 N–H and O–H groups in total. The summed E-state index contributed by atoms with van der Waals surface area (Å²) >= 11 is 0. The molecule has 0 bridgehead atoms. The molecule has 8 aromatic rings. The molecule has 2 nitrogen and oxygen atoms in total. The van der Waals surface area contributed by atoms with Gasteiger partial charge < -0.3 is 9.32 Å². The smallest absolute Gasteiger partial charge is 0.137 e. The first kappa shape index (κ1) is 27.5. The van der Waals surface area contributed by atoms with Crippen LogP contribution in [0.1, 0.15) is 25.0 Å². The standard InChI is InChI=1S/C45H33NO/c1-45(2)40-22-12-9-20-35(40)39-28-33(27-38(44(39)45)31-17-7-4-8-18-31)46(41-23-13-10-19-34(41)30-15-5-3-6-16-30)32-25-26-37-36-21-11-14-24-42(36)47-43(37)29-32/h3-29H,1-2H3. The molecule has 1 aliphatic rings. The molecule has 2 heteroatoms. The van der Waals surface area contributed by atoms with Gasteiger partial charge in [0.05, 0.1) is 5.69 Å². The van der Waals surface area contributed by atoms with Crippen LogP contribution in [0.2, 0.25) is 0 Å². The minimum absolute atomic E-state index is 0.143. The summed E-state index contributed by atoms with van der Waals surface area (Å²) in [6.07, 6.45) is 0. The van der Waals surface area contributed by atoms with Gasteiger partial charge in [-0.3, -0.25) is 0 Å². The monoisotopic (exact) mass is 603 g/mol. The average Bonchev–Trinajstić information content (AvgIpc) is 3.61. The zero-order valence-corrected chi connectivity index (χ0v) is 26.4. The number of anilines is 3. The van der Waals surface area contributed by atoms with Crippen molar-refractivity contribution in [3.63, 3.8) is 0 Å². The van der Waals surface area contributed by atoms with E-state index in [0.717, 1.165) is 39.0 Å². The largest absolute Gasteiger partial charge is 0.456 e. The molecule has 9 rings (SSSR count). The zero-order valence-electron chi connectivity index (χ0n) is 26.4. The van der Waals surface area contributed by atoms with Crippen LogP contribution in [0.5, 0.6) is 0 Å². The van der Waals surface area contributed by atoms with E-state index in [4.69, 9.17) is 4.42 Å². The Morgan fingerprint density at radius 1 is 0.447 bits per heavy atom. The Morgan fingerprint density at radius 3 is 1.83 bits per heavy atom. The normalized spacial score (nSPS) is 13.1. The van der Waals surface area contributed by atoms with E-state index in [2.05, 4.69) is 170 Å². The number of furan rings is 1. The van der Waals surface area contributed by atoms with Crippen molar-refractivity contribution >= 4 is 39.0 Å². The third-order valence-electron chi connectivity index (χ3n) is 9.83. The van der Waals surface area contributed by atoms with Crippen molar-refractivity contribution < 1.29 is 4.42 Å². The quantitative estimate of drug-likeness (QED) is 0.195. The number of rotatable bonds is 5. The Kier molecular flexibility index (Phi) is 6.20. The summed E-state index contributed by atoms with van der Waals surface area (Å²) < 4.78 is 6.44. The van der Waals surface area contributed by atoms with Gasteiger partial charge >= 0.3 is 0 Å². The van der Waals surface area contributed by atoms with Crippen LogP contribution in [-0.4, -0.2) is 0 Å². The maximum absolute atomic E-state index is 6.44. The molecule has 1 aromatic heterocycles. The molecule has 0 saturated heterocycles. The molecule has 0 aliphatic heterocycles. The molecule has 0 amide bonds. The SMILES string of the molecule is CC1(C)c2ccccc2-c2cc(N(c3ccc4c(c3)oc3ccccc34)c3ccccc3-c3ccccc3)cc(-c3ccccc3)c21. The van der Waals surface area contributed by atoms with Gasteiger partial charge in [0.15, 0.2) is 0 Å². The lowest BCUT2D eigenvalue weighted by Gasteiger charge is -2.30. The molecule has 0 atom stereocenters. The van der Waals surface area contributed by atoms with Gasteiger partial charge in [-0.1, -0.05) is 135 Å². The van der Waals surface area contributed by atoms with Crippen LogP contribution in [0.25, 0.3) is 55.3 Å². The predicted molar refractivity (Wildman–Crippen MR) is 197 cm³/mol. The highest BCUT2D eigenvalue weighted by Crippen LogP contribution is 2.55. The number of para-hydroxylation sites is 2. The predicted octanol–water partition coefficient (Wildman–Crippen LogP) is 12.7. The highest BCUT2D eigenvalue weighted by atomic mass is 16.3. The summed E-state index contributed by atoms with van der Waals surface area (Å²) in [7, 11) is 0. The van der Waals surface area contributed by atoms with Crippen LogP contribution in [-0.2, 0) is 5.41 Å². The third kappa shape index (κ3) is 4.33. The second kappa shape index (κ2) is 10.6. The Bertz CT molecular complexity index is 2440. The van der Waals surface area contributed by atoms with E-state index < -0.39 is 0 Å². The molecular formula is C45H33NO. The second-order valence-electron chi connectivity index (χ2n) is 12.9. The molecule has 0 spiro atoms. The fraction of sp³-hybridized carbons (Fsp3) is 0.0667. The number of hydrogen-bond donors (Lipinski definition) is 0. The highest BCUT2D eigenvalue weighted by Gasteiger charge is 2.38. The van der Waals surface area contributed by atoms with E-state index in [1.54, 1.807) is 0 Å². The van der Waals surface area contributed by atoms with Crippen LogP contribution in [0.4, 0.5) is 17.1 Å². The molecule has 0 radical (unpaired) electrons. The van der Waals surface area contributed by atoms with E-state index in [1.165, 1.54) is 44.5 Å². The van der Waals surface area contributed by atoms with Gasteiger partial charge in [-0.2, -0.15) is 0 Å². The van der Waals surface area contributed by atoms with Gasteiger partial charge in [0.1, 0.15) is 11.2 Å². The third-order valence-corrected chi connectivity index (χ3v) is 9.83. The van der Waals surface area contributed by atoms with Crippen LogP contribution in [0.15, 0.2) is 168 Å². The maximum atomic E-state index is 6.44. The zero-order chi connectivity index (χ0) is 31.5. The van der Waals surface area contributed by atoms with Gasteiger partial charge in [-0.25, -0.2) is 0 Å². The average molecular weight is 604 g/mol. The topological polar surface area (TPSA) is 16.4 Å². The summed E-state index contributed by atoms with van der Waals surface area (Å²) in [5.41, 5.74) is 15.0. The van der Waals surface area contributed by atoms with Crippen molar-refractivity contribution in [3.8, 4) is 33.4 Å². The van der Waals surface area contributed by atoms with E-state index in [0.29, 0.717) is 0 Å². The first-order valence-electron chi connectivity index (χ1n) is 16.3. The fourth-order valence-corrected chi connectivity index (χ4v) is 7.70. The van der Waals surface area contributed by atoms with E-state index in [9.17, 15) is 0 Å². The van der Waals surface area contributed by atoms with Crippen LogP contribution in [0.3, 0.4) is 0 Å². The molecule has 224 valence electrons. The van der Waals surface area contributed by atoms with Gasteiger partial charge in [0.25, 0.3) is 0 Å². The lowest BCUT2D eigenvalue weighted by molar-refractivity contribution is 0.662. The van der Waals surface area contributed by atoms with Crippen LogP contribution >= 0.6 is 0 Å². The van der Waals surface area contributed by atoms with Crippen molar-refractivity contribution in [1.82, 2.24) is 0 Å². The molecule has 1 heterocycles. The minimum atomic E-state index is -0.143. The van der Waals surface area contributed by atoms with E-state index >= 15 is 0 Å². The van der Waals surface area contributed by atoms with Gasteiger partial charge in [0.2, 0.25) is 0 Å². The summed E-state index contributed by atoms with van der Waals surface area (Å²) in [6.45, 7) is 4.73. The molecule has 0 unspecified atom stereocenters. The molecule has 7 aromatic carbocycles. The first-order valence-corrected chi connectivity index (χ1v) is 16.3. The van der Waals surface area contributed by atoms with Crippen molar-refractivity contribution in [3.05, 3.63) is 175 Å². The second-order valence-corrected chi connectivity index (χ2v) is 12.9. The van der Waals surface area contributed by atoms with Gasteiger partial charge in [-0.15, -0.1) is 0 Å². The number of nitrogens with zero attached hydrogens (tertiary/aromatic N) is 1. The lowest BCUT2D eigenvalue weighted by Crippen LogP contribution is -2.17. The Hall–Kier alpha value is -5.86. The molecule has 47 heavy (non-hydrogen) atoms. The maximum Gasteiger partial charge on any atom is 0.137 e. The van der Waals surface area contributed by atoms with Gasteiger partial charge in [0, 0.05) is 39.2 Å². The van der Waals surface area contributed by atoms with Crippen molar-refractivity contribution in [2.24, 2.45) is 0 Å². The van der Waals surface area contributed by atoms with Crippen molar-refractivity contribution in [2.45, 2.75) is 19.3 Å². The van der Waals surface area contributed by atoms with E-state index in [-0.39, 0.29) is 5.41 Å². The number of hydrogen-bond acceptors (Lipinski definition) is 2. The Labute approximate surface area is 275 Å². The summed E-state index contributed by atoms with van der Waals surface area (Å²) in [4.78, 5) is 2.41. The van der Waals surface area contributed by atoms with Crippen molar-refractivity contribution in [1.29, 1.82) is 0 Å². The minimum Gasteiger partial charge on any atom is -0.456 e. The van der Waals surface area contributed by atoms with Crippen LogP contribution in [0, 0.1) is 0 Å². The summed E-state index contributed by atoms with van der Waals surface area (Å²) in [6, 6.07) is 58.9. The van der Waals surface area contributed by atoms with Crippen LogP contribution < -0.4 is 4.90 Å². The first-order chi connectivity index (χ1) is 23.1. The summed E-state index contributed by atoms with van der Waals surface area (Å²) in [5.74, 6) is 0. The Balaban J connectivity index is 1.36. The molecule has 1 aliphatic carbocycles. The number of fused-ring (bicyclic) bond motifs is 6. The molecule has 0 saturated carbocycles. The lowest BCUT2D eigenvalue weighted by atomic mass is 9.78. The highest BCUT2D eigenvalue weighted by molar-refractivity contribution is 6.06. The number of benzene rings is 7. The van der Waals surface area contributed by atoms with E-state index in [1.807, 2.05) is 12.1 Å². The summed E-state index contributed by atoms with van der Waals surface area (Å²) in [5, 5.41) is 2.25.